The van der Waals surface area contributed by atoms with E-state index in [4.69, 9.17) is 15.7 Å². The number of hydrogen-bond acceptors (Lipinski definition) is 3. The highest BCUT2D eigenvalue weighted by atomic mass is 16.5. The molecular formula is C21H24N2O. The normalized spacial score (nSPS) is 10.7. The zero-order chi connectivity index (χ0) is 17.2. The molecule has 0 saturated carbocycles. The molecule has 0 heterocycles. The van der Waals surface area contributed by atoms with Crippen LogP contribution in [-0.4, -0.2) is 6.61 Å². The first kappa shape index (κ1) is 17.6. The molecule has 124 valence electrons. The van der Waals surface area contributed by atoms with Crippen LogP contribution in [0, 0.1) is 11.3 Å². The molecule has 0 aromatic heterocycles. The molecule has 2 N–H and O–H groups in total. The summed E-state index contributed by atoms with van der Waals surface area (Å²) in [4.78, 5) is 0. The number of nitriles is 1. The lowest BCUT2D eigenvalue weighted by Crippen LogP contribution is -1.96. The summed E-state index contributed by atoms with van der Waals surface area (Å²) in [6.45, 7) is 2.98. The Morgan fingerprint density at radius 2 is 1.83 bits per heavy atom. The minimum atomic E-state index is 0.582. The molecule has 24 heavy (non-hydrogen) atoms. The van der Waals surface area contributed by atoms with Gasteiger partial charge in [-0.3, -0.25) is 0 Å². The van der Waals surface area contributed by atoms with Crippen molar-refractivity contribution in [2.45, 2.75) is 32.6 Å². The number of unbranched alkanes of at least 4 members (excludes halogenated alkanes) is 3. The van der Waals surface area contributed by atoms with Gasteiger partial charge in [0.15, 0.2) is 0 Å². The Bertz CT molecular complexity index is 712. The number of anilines is 1. The molecule has 3 nitrogen and oxygen atoms in total. The van der Waals surface area contributed by atoms with E-state index in [-0.39, 0.29) is 0 Å². The highest BCUT2D eigenvalue weighted by Crippen LogP contribution is 2.18. The van der Waals surface area contributed by atoms with Gasteiger partial charge in [0.25, 0.3) is 0 Å². The Labute approximate surface area is 144 Å². The predicted octanol–water partition coefficient (Wildman–Crippen LogP) is 5.27. The van der Waals surface area contributed by atoms with E-state index in [1.807, 2.05) is 42.5 Å². The lowest BCUT2D eigenvalue weighted by molar-refractivity contribution is 0.305. The lowest BCUT2D eigenvalue weighted by atomic mass is 10.1. The molecule has 2 aromatic rings. The standard InChI is InChI=1S/C21H24N2O/c1-2-3-4-5-14-24-21-12-7-17(8-13-21)6-9-18-10-11-20(23)15-19(18)16-22/h6-13,15H,2-5,14,23H2,1H3. The van der Waals surface area contributed by atoms with Crippen molar-refractivity contribution in [3.05, 3.63) is 59.2 Å². The third-order valence-corrected chi connectivity index (χ3v) is 3.80. The van der Waals surface area contributed by atoms with Crippen molar-refractivity contribution in [1.29, 1.82) is 5.26 Å². The van der Waals surface area contributed by atoms with Gasteiger partial charge in [0.1, 0.15) is 5.75 Å². The van der Waals surface area contributed by atoms with Gasteiger partial charge in [0.05, 0.1) is 18.2 Å². The van der Waals surface area contributed by atoms with Crippen LogP contribution >= 0.6 is 0 Å². The number of hydrogen-bond donors (Lipinski definition) is 1. The van der Waals surface area contributed by atoms with Crippen LogP contribution in [0.4, 0.5) is 5.69 Å². The minimum absolute atomic E-state index is 0.582. The third-order valence-electron chi connectivity index (χ3n) is 3.80. The zero-order valence-electron chi connectivity index (χ0n) is 14.2. The van der Waals surface area contributed by atoms with Gasteiger partial charge in [-0.15, -0.1) is 0 Å². The summed E-state index contributed by atoms with van der Waals surface area (Å²) in [5.74, 6) is 0.897. The largest absolute Gasteiger partial charge is 0.494 e. The van der Waals surface area contributed by atoms with E-state index in [2.05, 4.69) is 13.0 Å². The second-order valence-corrected chi connectivity index (χ2v) is 5.77. The maximum Gasteiger partial charge on any atom is 0.119 e. The first-order chi connectivity index (χ1) is 11.7. The monoisotopic (exact) mass is 320 g/mol. The number of rotatable bonds is 8. The molecular weight excluding hydrogens is 296 g/mol. The maximum atomic E-state index is 9.16. The molecule has 0 fully saturated rings. The van der Waals surface area contributed by atoms with Crippen LogP contribution in [0.5, 0.6) is 5.75 Å². The molecule has 0 bridgehead atoms. The fourth-order valence-corrected chi connectivity index (χ4v) is 2.40. The first-order valence-corrected chi connectivity index (χ1v) is 8.43. The van der Waals surface area contributed by atoms with Gasteiger partial charge in [0.2, 0.25) is 0 Å². The van der Waals surface area contributed by atoms with E-state index < -0.39 is 0 Å². The maximum absolute atomic E-state index is 9.16. The zero-order valence-corrected chi connectivity index (χ0v) is 14.2. The van der Waals surface area contributed by atoms with Crippen molar-refractivity contribution >= 4 is 17.8 Å². The van der Waals surface area contributed by atoms with Crippen molar-refractivity contribution in [1.82, 2.24) is 0 Å². The van der Waals surface area contributed by atoms with Crippen molar-refractivity contribution in [3.63, 3.8) is 0 Å². The number of benzene rings is 2. The van der Waals surface area contributed by atoms with Gasteiger partial charge >= 0.3 is 0 Å². The second-order valence-electron chi connectivity index (χ2n) is 5.77. The summed E-state index contributed by atoms with van der Waals surface area (Å²) in [5, 5.41) is 9.16. The summed E-state index contributed by atoms with van der Waals surface area (Å²) >= 11 is 0. The smallest absolute Gasteiger partial charge is 0.119 e. The van der Waals surface area contributed by atoms with Gasteiger partial charge < -0.3 is 10.5 Å². The summed E-state index contributed by atoms with van der Waals surface area (Å²) in [5.41, 5.74) is 8.82. The number of ether oxygens (including phenoxy) is 1. The van der Waals surface area contributed by atoms with E-state index >= 15 is 0 Å². The molecule has 0 aliphatic rings. The first-order valence-electron chi connectivity index (χ1n) is 8.43. The molecule has 2 rings (SSSR count). The summed E-state index contributed by atoms with van der Waals surface area (Å²) in [7, 11) is 0. The van der Waals surface area contributed by atoms with Crippen LogP contribution in [0.15, 0.2) is 42.5 Å². The molecule has 0 unspecified atom stereocenters. The molecule has 2 aromatic carbocycles. The van der Waals surface area contributed by atoms with Crippen LogP contribution in [-0.2, 0) is 0 Å². The lowest BCUT2D eigenvalue weighted by Gasteiger charge is -2.06. The van der Waals surface area contributed by atoms with Crippen LogP contribution in [0.25, 0.3) is 12.2 Å². The average Bonchev–Trinajstić information content (AvgIpc) is 2.61. The SMILES string of the molecule is CCCCCCOc1ccc(C=Cc2ccc(N)cc2C#N)cc1. The quantitative estimate of drug-likeness (QED) is 0.409. The molecule has 0 saturated heterocycles. The fourth-order valence-electron chi connectivity index (χ4n) is 2.40. The number of nitrogen functional groups attached to an aromatic ring is 1. The van der Waals surface area contributed by atoms with E-state index in [0.29, 0.717) is 11.3 Å². The van der Waals surface area contributed by atoms with Crippen molar-refractivity contribution in [2.75, 3.05) is 12.3 Å². The van der Waals surface area contributed by atoms with E-state index in [1.165, 1.54) is 19.3 Å². The summed E-state index contributed by atoms with van der Waals surface area (Å²) < 4.78 is 5.74. The molecule has 0 aliphatic carbocycles. The van der Waals surface area contributed by atoms with Gasteiger partial charge in [0, 0.05) is 5.69 Å². The third kappa shape index (κ3) is 5.48. The minimum Gasteiger partial charge on any atom is -0.494 e. The summed E-state index contributed by atoms with van der Waals surface area (Å²) in [6, 6.07) is 15.5. The molecule has 0 atom stereocenters. The molecule has 0 spiro atoms. The molecule has 3 heteroatoms. The summed E-state index contributed by atoms with van der Waals surface area (Å²) in [6.07, 6.45) is 8.74. The van der Waals surface area contributed by atoms with Crippen molar-refractivity contribution < 1.29 is 4.74 Å². The van der Waals surface area contributed by atoms with E-state index in [1.54, 1.807) is 12.1 Å². The van der Waals surface area contributed by atoms with Crippen LogP contribution < -0.4 is 10.5 Å². The fraction of sp³-hybridized carbons (Fsp3) is 0.286. The molecule has 0 radical (unpaired) electrons. The van der Waals surface area contributed by atoms with Gasteiger partial charge in [-0.1, -0.05) is 56.5 Å². The Morgan fingerprint density at radius 3 is 2.54 bits per heavy atom. The number of nitrogens with zero attached hydrogens (tertiary/aromatic N) is 1. The number of nitrogens with two attached hydrogens (primary N) is 1. The van der Waals surface area contributed by atoms with E-state index in [0.717, 1.165) is 29.9 Å². The van der Waals surface area contributed by atoms with Crippen LogP contribution in [0.3, 0.4) is 0 Å². The molecule has 0 amide bonds. The van der Waals surface area contributed by atoms with E-state index in [9.17, 15) is 0 Å². The topological polar surface area (TPSA) is 59.0 Å². The Hall–Kier alpha value is -2.73. The second kappa shape index (κ2) is 9.42. The van der Waals surface area contributed by atoms with Gasteiger partial charge in [-0.25, -0.2) is 0 Å². The highest BCUT2D eigenvalue weighted by molar-refractivity contribution is 5.73. The Balaban J connectivity index is 1.93. The van der Waals surface area contributed by atoms with Gasteiger partial charge in [-0.2, -0.15) is 5.26 Å². The van der Waals surface area contributed by atoms with Crippen molar-refractivity contribution in [3.8, 4) is 11.8 Å². The Kier molecular flexibility index (Phi) is 6.91. The van der Waals surface area contributed by atoms with Gasteiger partial charge in [-0.05, 0) is 41.8 Å². The highest BCUT2D eigenvalue weighted by Gasteiger charge is 1.99. The van der Waals surface area contributed by atoms with Crippen LogP contribution in [0.1, 0.15) is 49.3 Å². The average molecular weight is 320 g/mol. The Morgan fingerprint density at radius 1 is 1.04 bits per heavy atom. The predicted molar refractivity (Wildman–Crippen MR) is 101 cm³/mol. The molecule has 0 aliphatic heterocycles. The van der Waals surface area contributed by atoms with Crippen molar-refractivity contribution in [2.24, 2.45) is 0 Å². The van der Waals surface area contributed by atoms with Crippen LogP contribution in [0.2, 0.25) is 0 Å².